The summed E-state index contributed by atoms with van der Waals surface area (Å²) in [6.45, 7) is 7.49. The van der Waals surface area contributed by atoms with E-state index in [1.807, 2.05) is 44.2 Å². The van der Waals surface area contributed by atoms with Crippen molar-refractivity contribution in [3.8, 4) is 0 Å². The van der Waals surface area contributed by atoms with Crippen LogP contribution in [0, 0.1) is 5.92 Å². The molecular weight excluding hydrogens is 242 g/mol. The highest BCUT2D eigenvalue weighted by Gasteiger charge is 2.35. The van der Waals surface area contributed by atoms with E-state index < -0.39 is 11.5 Å². The van der Waals surface area contributed by atoms with E-state index in [9.17, 15) is 10.0 Å². The first-order chi connectivity index (χ1) is 8.75. The summed E-state index contributed by atoms with van der Waals surface area (Å²) in [4.78, 5) is 10.9. The normalized spacial score (nSPS) is 13.8. The summed E-state index contributed by atoms with van der Waals surface area (Å²) < 4.78 is 0. The maximum Gasteiger partial charge on any atom is 0.305 e. The highest BCUT2D eigenvalue weighted by Crippen LogP contribution is 2.33. The van der Waals surface area contributed by atoms with Gasteiger partial charge in [0.15, 0.2) is 0 Å². The minimum Gasteiger partial charge on any atom is -0.481 e. The molecule has 0 aliphatic rings. The Morgan fingerprint density at radius 1 is 1.26 bits per heavy atom. The zero-order valence-corrected chi connectivity index (χ0v) is 12.0. The number of hydroxylamine groups is 2. The van der Waals surface area contributed by atoms with Crippen molar-refractivity contribution in [1.82, 2.24) is 5.06 Å². The highest BCUT2D eigenvalue weighted by molar-refractivity contribution is 5.68. The maximum atomic E-state index is 10.9. The third kappa shape index (κ3) is 4.04. The van der Waals surface area contributed by atoms with Crippen molar-refractivity contribution < 1.29 is 15.1 Å². The molecule has 0 radical (unpaired) electrons. The van der Waals surface area contributed by atoms with Gasteiger partial charge in [-0.2, -0.15) is 5.06 Å². The summed E-state index contributed by atoms with van der Waals surface area (Å²) in [6, 6.07) is 9.43. The Labute approximate surface area is 114 Å². The van der Waals surface area contributed by atoms with Gasteiger partial charge in [0.25, 0.3) is 0 Å². The van der Waals surface area contributed by atoms with Gasteiger partial charge >= 0.3 is 5.97 Å². The van der Waals surface area contributed by atoms with Gasteiger partial charge in [-0.15, -0.1) is 0 Å². The minimum absolute atomic E-state index is 0.112. The predicted molar refractivity (Wildman–Crippen MR) is 74.0 cm³/mol. The molecule has 0 fully saturated rings. The van der Waals surface area contributed by atoms with Crippen molar-refractivity contribution in [2.45, 2.75) is 45.7 Å². The Balaban J connectivity index is 3.03. The summed E-state index contributed by atoms with van der Waals surface area (Å²) in [6.07, 6.45) is -0.112. The average molecular weight is 265 g/mol. The lowest BCUT2D eigenvalue weighted by Crippen LogP contribution is -2.46. The molecule has 0 saturated carbocycles. The van der Waals surface area contributed by atoms with E-state index in [1.54, 1.807) is 13.8 Å². The number of rotatable bonds is 6. The lowest BCUT2D eigenvalue weighted by molar-refractivity contribution is -0.209. The fourth-order valence-corrected chi connectivity index (χ4v) is 2.29. The molecule has 0 aliphatic carbocycles. The minimum atomic E-state index is -0.917. The summed E-state index contributed by atoms with van der Waals surface area (Å²) in [5.41, 5.74) is 0.162. The van der Waals surface area contributed by atoms with Crippen molar-refractivity contribution in [3.05, 3.63) is 35.9 Å². The molecular formula is C15H23NO3. The molecule has 0 aliphatic heterocycles. The second-order valence-electron chi connectivity index (χ2n) is 5.83. The van der Waals surface area contributed by atoms with E-state index in [2.05, 4.69) is 0 Å². The van der Waals surface area contributed by atoms with E-state index in [0.29, 0.717) is 0 Å². The van der Waals surface area contributed by atoms with Gasteiger partial charge < -0.3 is 10.3 Å². The summed E-state index contributed by atoms with van der Waals surface area (Å²) in [7, 11) is 0. The zero-order chi connectivity index (χ0) is 14.6. The molecule has 0 heterocycles. The van der Waals surface area contributed by atoms with Gasteiger partial charge in [-0.3, -0.25) is 4.79 Å². The third-order valence-corrected chi connectivity index (χ3v) is 3.24. The average Bonchev–Trinajstić information content (AvgIpc) is 2.28. The molecule has 4 heteroatoms. The van der Waals surface area contributed by atoms with Gasteiger partial charge in [0.05, 0.1) is 18.0 Å². The highest BCUT2D eigenvalue weighted by atomic mass is 16.5. The Hall–Kier alpha value is -1.39. The number of nitrogens with zero attached hydrogens (tertiary/aromatic N) is 1. The second-order valence-corrected chi connectivity index (χ2v) is 5.83. The predicted octanol–water partition coefficient (Wildman–Crippen LogP) is 3.33. The standard InChI is InChI=1S/C15H23NO3/c1-11(2)14(12-8-6-5-7-9-12)16(19)15(3,4)10-13(17)18/h5-9,11,14,19H,10H2,1-4H3,(H,17,18). The molecule has 0 bridgehead atoms. The summed E-state index contributed by atoms with van der Waals surface area (Å²) in [5, 5.41) is 20.6. The maximum absolute atomic E-state index is 10.9. The van der Waals surface area contributed by atoms with Crippen LogP contribution in [0.5, 0.6) is 0 Å². The van der Waals surface area contributed by atoms with Gasteiger partial charge in [-0.1, -0.05) is 44.2 Å². The van der Waals surface area contributed by atoms with Crippen LogP contribution in [0.2, 0.25) is 0 Å². The number of hydrogen-bond acceptors (Lipinski definition) is 3. The fourth-order valence-electron chi connectivity index (χ4n) is 2.29. The van der Waals surface area contributed by atoms with Crippen LogP contribution in [0.3, 0.4) is 0 Å². The smallest absolute Gasteiger partial charge is 0.305 e. The number of aliphatic carboxylic acids is 1. The second kappa shape index (κ2) is 6.17. The lowest BCUT2D eigenvalue weighted by atomic mass is 9.90. The third-order valence-electron chi connectivity index (χ3n) is 3.24. The molecule has 1 aromatic carbocycles. The summed E-state index contributed by atoms with van der Waals surface area (Å²) >= 11 is 0. The quantitative estimate of drug-likeness (QED) is 0.774. The molecule has 1 atom stereocenters. The van der Waals surface area contributed by atoms with E-state index in [1.165, 1.54) is 5.06 Å². The van der Waals surface area contributed by atoms with Crippen molar-refractivity contribution >= 4 is 5.97 Å². The lowest BCUT2D eigenvalue weighted by Gasteiger charge is -2.40. The van der Waals surface area contributed by atoms with Crippen LogP contribution in [-0.2, 0) is 4.79 Å². The molecule has 106 valence electrons. The first kappa shape index (κ1) is 15.7. The van der Waals surface area contributed by atoms with Crippen LogP contribution < -0.4 is 0 Å². The Morgan fingerprint density at radius 3 is 2.21 bits per heavy atom. The van der Waals surface area contributed by atoms with E-state index in [4.69, 9.17) is 5.11 Å². The van der Waals surface area contributed by atoms with Gasteiger partial charge in [0, 0.05) is 0 Å². The number of carboxylic acids is 1. The fraction of sp³-hybridized carbons (Fsp3) is 0.533. The molecule has 0 amide bonds. The van der Waals surface area contributed by atoms with Gasteiger partial charge in [0.2, 0.25) is 0 Å². The molecule has 0 spiro atoms. The van der Waals surface area contributed by atoms with Crippen molar-refractivity contribution in [2.24, 2.45) is 5.92 Å². The molecule has 0 saturated heterocycles. The van der Waals surface area contributed by atoms with Crippen LogP contribution in [0.4, 0.5) is 0 Å². The van der Waals surface area contributed by atoms with Crippen LogP contribution in [0.25, 0.3) is 0 Å². The Kier molecular flexibility index (Phi) is 5.09. The van der Waals surface area contributed by atoms with E-state index in [-0.39, 0.29) is 18.4 Å². The van der Waals surface area contributed by atoms with Crippen LogP contribution in [0.15, 0.2) is 30.3 Å². The van der Waals surface area contributed by atoms with Gasteiger partial charge in [-0.05, 0) is 25.3 Å². The topological polar surface area (TPSA) is 60.8 Å². The molecule has 1 aromatic rings. The molecule has 2 N–H and O–H groups in total. The largest absolute Gasteiger partial charge is 0.481 e. The van der Waals surface area contributed by atoms with Crippen molar-refractivity contribution in [1.29, 1.82) is 0 Å². The number of carboxylic acid groups (broad SMARTS) is 1. The summed E-state index contributed by atoms with van der Waals surface area (Å²) in [5.74, 6) is -0.750. The molecule has 4 nitrogen and oxygen atoms in total. The Bertz CT molecular complexity index is 415. The van der Waals surface area contributed by atoms with Gasteiger partial charge in [-0.25, -0.2) is 0 Å². The van der Waals surface area contributed by atoms with E-state index >= 15 is 0 Å². The zero-order valence-electron chi connectivity index (χ0n) is 12.0. The van der Waals surface area contributed by atoms with Crippen molar-refractivity contribution in [2.75, 3.05) is 0 Å². The van der Waals surface area contributed by atoms with Crippen LogP contribution >= 0.6 is 0 Å². The number of benzene rings is 1. The first-order valence-corrected chi connectivity index (χ1v) is 6.50. The SMILES string of the molecule is CC(C)C(c1ccccc1)N(O)C(C)(C)CC(=O)O. The number of hydrogen-bond donors (Lipinski definition) is 2. The van der Waals surface area contributed by atoms with E-state index in [0.717, 1.165) is 5.56 Å². The number of carbonyl (C=O) groups is 1. The molecule has 1 rings (SSSR count). The van der Waals surface area contributed by atoms with Crippen LogP contribution in [-0.4, -0.2) is 26.9 Å². The molecule has 0 aromatic heterocycles. The molecule has 1 unspecified atom stereocenters. The monoisotopic (exact) mass is 265 g/mol. The Morgan fingerprint density at radius 2 is 1.79 bits per heavy atom. The van der Waals surface area contributed by atoms with Crippen LogP contribution in [0.1, 0.15) is 45.7 Å². The first-order valence-electron chi connectivity index (χ1n) is 6.50. The molecule has 19 heavy (non-hydrogen) atoms. The van der Waals surface area contributed by atoms with Gasteiger partial charge in [0.1, 0.15) is 0 Å². The van der Waals surface area contributed by atoms with Crippen molar-refractivity contribution in [3.63, 3.8) is 0 Å².